The summed E-state index contributed by atoms with van der Waals surface area (Å²) in [6.07, 6.45) is -0.923. The Morgan fingerprint density at radius 1 is 1.20 bits per heavy atom. The Bertz CT molecular complexity index is 443. The van der Waals surface area contributed by atoms with Crippen molar-refractivity contribution >= 4 is 0 Å². The van der Waals surface area contributed by atoms with Crippen molar-refractivity contribution in [2.45, 2.75) is 44.4 Å². The van der Waals surface area contributed by atoms with E-state index in [9.17, 15) is 18.3 Å². The minimum absolute atomic E-state index is 0.0778. The van der Waals surface area contributed by atoms with E-state index in [1.165, 1.54) is 17.5 Å². The lowest BCUT2D eigenvalue weighted by molar-refractivity contribution is -0.175. The van der Waals surface area contributed by atoms with Gasteiger partial charge in [-0.1, -0.05) is 18.2 Å². The van der Waals surface area contributed by atoms with E-state index < -0.39 is 18.9 Å². The molecule has 5 heteroatoms. The van der Waals surface area contributed by atoms with Crippen LogP contribution >= 0.6 is 0 Å². The van der Waals surface area contributed by atoms with Gasteiger partial charge < -0.3 is 9.84 Å². The lowest BCUT2D eigenvalue weighted by Gasteiger charge is -2.13. The normalized spacial score (nSPS) is 16.2. The molecule has 2 rings (SSSR count). The molecule has 1 aliphatic rings. The molecule has 0 radical (unpaired) electrons. The number of hydrogen-bond acceptors (Lipinski definition) is 2. The fraction of sp³-hybridized carbons (Fsp3) is 0.600. The maximum absolute atomic E-state index is 11.9. The molecule has 1 aromatic rings. The third-order valence-corrected chi connectivity index (χ3v) is 3.50. The number of halogens is 3. The highest BCUT2D eigenvalue weighted by molar-refractivity contribution is 5.35. The van der Waals surface area contributed by atoms with Gasteiger partial charge in [0.2, 0.25) is 0 Å². The Morgan fingerprint density at radius 2 is 1.95 bits per heavy atom. The summed E-state index contributed by atoms with van der Waals surface area (Å²) < 4.78 is 40.1. The van der Waals surface area contributed by atoms with Gasteiger partial charge in [-0.05, 0) is 48.8 Å². The molecule has 0 saturated heterocycles. The van der Waals surface area contributed by atoms with Crippen molar-refractivity contribution in [3.8, 4) is 0 Å². The first-order valence-electron chi connectivity index (χ1n) is 6.87. The van der Waals surface area contributed by atoms with Crippen molar-refractivity contribution in [3.05, 3.63) is 34.9 Å². The third kappa shape index (κ3) is 4.80. The van der Waals surface area contributed by atoms with Crippen LogP contribution in [0.3, 0.4) is 0 Å². The molecule has 1 aliphatic carbocycles. The Balaban J connectivity index is 1.73. The van der Waals surface area contributed by atoms with Gasteiger partial charge >= 0.3 is 6.18 Å². The number of hydrogen-bond donors (Lipinski definition) is 1. The molecule has 0 heterocycles. The Hall–Kier alpha value is -1.07. The summed E-state index contributed by atoms with van der Waals surface area (Å²) in [4.78, 5) is 0. The first-order chi connectivity index (χ1) is 9.44. The van der Waals surface area contributed by atoms with Crippen LogP contribution in [0.4, 0.5) is 13.2 Å². The number of aliphatic hydroxyl groups is 1. The van der Waals surface area contributed by atoms with Gasteiger partial charge in [-0.25, -0.2) is 0 Å². The number of aliphatic hydroxyl groups excluding tert-OH is 1. The second-order valence-corrected chi connectivity index (χ2v) is 5.27. The zero-order valence-electron chi connectivity index (χ0n) is 11.2. The lowest BCUT2D eigenvalue weighted by Crippen LogP contribution is -2.20. The molecule has 0 saturated carbocycles. The second kappa shape index (κ2) is 6.59. The minimum atomic E-state index is -4.30. The van der Waals surface area contributed by atoms with E-state index in [2.05, 4.69) is 16.9 Å². The highest BCUT2D eigenvalue weighted by Crippen LogP contribution is 2.23. The Morgan fingerprint density at radius 3 is 2.70 bits per heavy atom. The first kappa shape index (κ1) is 15.3. The molecule has 0 amide bonds. The molecule has 1 N–H and O–H groups in total. The molecule has 0 spiro atoms. The number of aryl methyl sites for hydroxylation is 2. The Kier molecular flexibility index (Phi) is 5.05. The summed E-state index contributed by atoms with van der Waals surface area (Å²) in [6, 6.07) is 6.18. The van der Waals surface area contributed by atoms with E-state index >= 15 is 0 Å². The van der Waals surface area contributed by atoms with Crippen molar-refractivity contribution in [1.82, 2.24) is 0 Å². The van der Waals surface area contributed by atoms with Gasteiger partial charge in [0.05, 0.1) is 6.10 Å². The van der Waals surface area contributed by atoms with Crippen LogP contribution in [0.5, 0.6) is 0 Å². The largest absolute Gasteiger partial charge is 0.411 e. The van der Waals surface area contributed by atoms with E-state index in [-0.39, 0.29) is 13.0 Å². The zero-order chi connectivity index (χ0) is 14.6. The van der Waals surface area contributed by atoms with Crippen molar-refractivity contribution in [2.75, 3.05) is 13.2 Å². The number of ether oxygens (including phenoxy) is 1. The average molecular weight is 288 g/mol. The predicted octanol–water partition coefficient (Wildman–Crippen LogP) is 3.05. The zero-order valence-corrected chi connectivity index (χ0v) is 11.2. The molecular formula is C15H19F3O2. The average Bonchev–Trinajstić information content (AvgIpc) is 2.81. The van der Waals surface area contributed by atoms with Gasteiger partial charge in [0.1, 0.15) is 6.61 Å². The SMILES string of the molecule is OC(CCOCC(F)(F)F)Cc1ccc2c(c1)CCC2. The molecule has 0 aromatic heterocycles. The summed E-state index contributed by atoms with van der Waals surface area (Å²) in [5.74, 6) is 0. The molecule has 0 aliphatic heterocycles. The molecule has 1 unspecified atom stereocenters. The van der Waals surface area contributed by atoms with Crippen LogP contribution in [0.1, 0.15) is 29.5 Å². The molecular weight excluding hydrogens is 269 g/mol. The third-order valence-electron chi connectivity index (χ3n) is 3.50. The van der Waals surface area contributed by atoms with E-state index in [1.807, 2.05) is 6.07 Å². The highest BCUT2D eigenvalue weighted by Gasteiger charge is 2.27. The van der Waals surface area contributed by atoms with Crippen molar-refractivity contribution < 1.29 is 23.0 Å². The van der Waals surface area contributed by atoms with E-state index in [1.54, 1.807) is 0 Å². The quantitative estimate of drug-likeness (QED) is 0.815. The van der Waals surface area contributed by atoms with Gasteiger partial charge in [0.25, 0.3) is 0 Å². The predicted molar refractivity (Wildman–Crippen MR) is 69.7 cm³/mol. The van der Waals surface area contributed by atoms with Crippen molar-refractivity contribution in [3.63, 3.8) is 0 Å². The van der Waals surface area contributed by atoms with Crippen LogP contribution in [0.25, 0.3) is 0 Å². The maximum atomic E-state index is 11.9. The topological polar surface area (TPSA) is 29.5 Å². The lowest BCUT2D eigenvalue weighted by atomic mass is 10.0. The monoisotopic (exact) mass is 288 g/mol. The number of fused-ring (bicyclic) bond motifs is 1. The summed E-state index contributed by atoms with van der Waals surface area (Å²) in [6.45, 7) is -1.33. The summed E-state index contributed by atoms with van der Waals surface area (Å²) >= 11 is 0. The van der Waals surface area contributed by atoms with Gasteiger partial charge in [-0.15, -0.1) is 0 Å². The fourth-order valence-corrected chi connectivity index (χ4v) is 2.53. The van der Waals surface area contributed by atoms with Crippen LogP contribution in [0, 0.1) is 0 Å². The summed E-state index contributed by atoms with van der Waals surface area (Å²) in [5, 5.41) is 9.82. The molecule has 20 heavy (non-hydrogen) atoms. The van der Waals surface area contributed by atoms with Crippen LogP contribution in [0.15, 0.2) is 18.2 Å². The van der Waals surface area contributed by atoms with Gasteiger partial charge in [-0.2, -0.15) is 13.2 Å². The molecule has 2 nitrogen and oxygen atoms in total. The van der Waals surface area contributed by atoms with E-state index in [4.69, 9.17) is 0 Å². The van der Waals surface area contributed by atoms with Gasteiger partial charge in [0.15, 0.2) is 0 Å². The summed E-state index contributed by atoms with van der Waals surface area (Å²) in [5.41, 5.74) is 3.74. The van der Waals surface area contributed by atoms with Crippen LogP contribution < -0.4 is 0 Å². The van der Waals surface area contributed by atoms with Crippen molar-refractivity contribution in [2.24, 2.45) is 0 Å². The van der Waals surface area contributed by atoms with Gasteiger partial charge in [-0.3, -0.25) is 0 Å². The van der Waals surface area contributed by atoms with Crippen LogP contribution in [0.2, 0.25) is 0 Å². The van der Waals surface area contributed by atoms with Crippen LogP contribution in [-0.4, -0.2) is 30.6 Å². The molecule has 0 bridgehead atoms. The fourth-order valence-electron chi connectivity index (χ4n) is 2.53. The molecule has 112 valence electrons. The molecule has 1 aromatic carbocycles. The first-order valence-corrected chi connectivity index (χ1v) is 6.87. The Labute approximate surface area is 116 Å². The molecule has 1 atom stereocenters. The van der Waals surface area contributed by atoms with Crippen LogP contribution in [-0.2, 0) is 24.0 Å². The van der Waals surface area contributed by atoms with Crippen molar-refractivity contribution in [1.29, 1.82) is 0 Å². The summed E-state index contributed by atoms with van der Waals surface area (Å²) in [7, 11) is 0. The number of rotatable bonds is 6. The standard InChI is InChI=1S/C15H19F3O2/c16-15(17,18)10-20-7-6-14(19)9-11-4-5-12-2-1-3-13(12)8-11/h4-5,8,14,19H,1-3,6-7,9-10H2. The number of alkyl halides is 3. The smallest absolute Gasteiger partial charge is 0.393 e. The maximum Gasteiger partial charge on any atom is 0.411 e. The number of benzene rings is 1. The van der Waals surface area contributed by atoms with Gasteiger partial charge in [0, 0.05) is 6.61 Å². The molecule has 0 fully saturated rings. The van der Waals surface area contributed by atoms with E-state index in [0.29, 0.717) is 6.42 Å². The minimum Gasteiger partial charge on any atom is -0.393 e. The second-order valence-electron chi connectivity index (χ2n) is 5.27. The highest BCUT2D eigenvalue weighted by atomic mass is 19.4. The van der Waals surface area contributed by atoms with E-state index in [0.717, 1.165) is 18.4 Å².